The van der Waals surface area contributed by atoms with Crippen molar-refractivity contribution >= 4 is 11.6 Å². The molecule has 1 saturated carbocycles. The summed E-state index contributed by atoms with van der Waals surface area (Å²) in [6.45, 7) is 0. The van der Waals surface area contributed by atoms with Crippen LogP contribution in [0, 0.1) is 0 Å². The first-order valence-corrected chi connectivity index (χ1v) is 5.77. The zero-order chi connectivity index (χ0) is 11.6. The molecule has 0 spiro atoms. The van der Waals surface area contributed by atoms with Gasteiger partial charge in [0.25, 0.3) is 0 Å². The molecule has 0 radical (unpaired) electrons. The second-order valence-electron chi connectivity index (χ2n) is 4.49. The van der Waals surface area contributed by atoms with Gasteiger partial charge < -0.3 is 11.1 Å². The highest BCUT2D eigenvalue weighted by Gasteiger charge is 2.41. The van der Waals surface area contributed by atoms with E-state index in [2.05, 4.69) is 5.32 Å². The van der Waals surface area contributed by atoms with E-state index in [-0.39, 0.29) is 11.3 Å². The molecule has 0 aromatic heterocycles. The van der Waals surface area contributed by atoms with Crippen molar-refractivity contribution < 1.29 is 4.79 Å². The van der Waals surface area contributed by atoms with Gasteiger partial charge in [-0.05, 0) is 30.5 Å². The van der Waals surface area contributed by atoms with E-state index in [0.29, 0.717) is 0 Å². The maximum Gasteiger partial charge on any atom is 0.230 e. The SMILES string of the molecule is CNC(=O)C1(c2ccc(N)cc2)CCCC1. The summed E-state index contributed by atoms with van der Waals surface area (Å²) in [4.78, 5) is 12.1. The van der Waals surface area contributed by atoms with Crippen LogP contribution in [0.25, 0.3) is 0 Å². The molecule has 3 heteroatoms. The molecule has 0 saturated heterocycles. The van der Waals surface area contributed by atoms with Crippen molar-refractivity contribution in [2.45, 2.75) is 31.1 Å². The number of carbonyl (C=O) groups excluding carboxylic acids is 1. The normalized spacial score (nSPS) is 18.3. The summed E-state index contributed by atoms with van der Waals surface area (Å²) in [5.41, 5.74) is 7.20. The standard InChI is InChI=1S/C13H18N2O/c1-15-12(16)13(8-2-3-9-13)10-4-6-11(14)7-5-10/h4-7H,2-3,8-9,14H2,1H3,(H,15,16). The molecule has 1 amide bonds. The first-order chi connectivity index (χ1) is 7.69. The molecule has 1 aliphatic rings. The highest BCUT2D eigenvalue weighted by Crippen LogP contribution is 2.41. The van der Waals surface area contributed by atoms with Crippen molar-refractivity contribution in [3.8, 4) is 0 Å². The lowest BCUT2D eigenvalue weighted by atomic mass is 9.78. The van der Waals surface area contributed by atoms with Crippen LogP contribution < -0.4 is 11.1 Å². The van der Waals surface area contributed by atoms with Crippen molar-refractivity contribution in [3.05, 3.63) is 29.8 Å². The molecule has 0 aliphatic heterocycles. The van der Waals surface area contributed by atoms with Crippen molar-refractivity contribution in [2.75, 3.05) is 12.8 Å². The van der Waals surface area contributed by atoms with Crippen molar-refractivity contribution in [1.82, 2.24) is 5.32 Å². The lowest BCUT2D eigenvalue weighted by Gasteiger charge is -2.27. The van der Waals surface area contributed by atoms with Gasteiger partial charge in [0, 0.05) is 12.7 Å². The zero-order valence-electron chi connectivity index (χ0n) is 9.62. The third-order valence-corrected chi connectivity index (χ3v) is 3.58. The fraction of sp³-hybridized carbons (Fsp3) is 0.462. The minimum absolute atomic E-state index is 0.134. The Labute approximate surface area is 96.0 Å². The molecule has 0 bridgehead atoms. The predicted octanol–water partition coefficient (Wildman–Crippen LogP) is 1.83. The minimum Gasteiger partial charge on any atom is -0.399 e. The number of amides is 1. The third-order valence-electron chi connectivity index (χ3n) is 3.58. The molecule has 86 valence electrons. The summed E-state index contributed by atoms with van der Waals surface area (Å²) in [5.74, 6) is 0.134. The van der Waals surface area contributed by atoms with Crippen LogP contribution in [0.5, 0.6) is 0 Å². The van der Waals surface area contributed by atoms with Gasteiger partial charge in [-0.15, -0.1) is 0 Å². The number of benzene rings is 1. The Hall–Kier alpha value is -1.51. The van der Waals surface area contributed by atoms with Gasteiger partial charge in [-0.1, -0.05) is 25.0 Å². The number of hydrogen-bond donors (Lipinski definition) is 2. The van der Waals surface area contributed by atoms with Gasteiger partial charge in [0.2, 0.25) is 5.91 Å². The summed E-state index contributed by atoms with van der Waals surface area (Å²) < 4.78 is 0. The van der Waals surface area contributed by atoms with E-state index >= 15 is 0 Å². The second kappa shape index (κ2) is 4.16. The van der Waals surface area contributed by atoms with Gasteiger partial charge in [-0.25, -0.2) is 0 Å². The first-order valence-electron chi connectivity index (χ1n) is 5.77. The molecular formula is C13H18N2O. The zero-order valence-corrected chi connectivity index (χ0v) is 9.62. The van der Waals surface area contributed by atoms with E-state index in [1.807, 2.05) is 24.3 Å². The Morgan fingerprint density at radius 1 is 1.25 bits per heavy atom. The number of likely N-dealkylation sites (N-methyl/N-ethyl adjacent to an activating group) is 1. The molecule has 3 N–H and O–H groups in total. The number of nitrogens with one attached hydrogen (secondary N) is 1. The van der Waals surface area contributed by atoms with E-state index in [1.54, 1.807) is 7.05 Å². The molecule has 3 nitrogen and oxygen atoms in total. The van der Waals surface area contributed by atoms with Gasteiger partial charge in [0.05, 0.1) is 5.41 Å². The maximum atomic E-state index is 12.1. The number of carbonyl (C=O) groups is 1. The smallest absolute Gasteiger partial charge is 0.230 e. The highest BCUT2D eigenvalue weighted by molar-refractivity contribution is 5.88. The Kier molecular flexibility index (Phi) is 2.86. The van der Waals surface area contributed by atoms with Crippen LogP contribution in [0.3, 0.4) is 0 Å². The largest absolute Gasteiger partial charge is 0.399 e. The summed E-state index contributed by atoms with van der Waals surface area (Å²) in [6, 6.07) is 7.71. The fourth-order valence-electron chi connectivity index (χ4n) is 2.67. The van der Waals surface area contributed by atoms with E-state index in [0.717, 1.165) is 36.9 Å². The monoisotopic (exact) mass is 218 g/mol. The average molecular weight is 218 g/mol. The van der Waals surface area contributed by atoms with Crippen LogP contribution in [-0.4, -0.2) is 13.0 Å². The number of anilines is 1. The first kappa shape index (κ1) is 11.0. The molecule has 2 rings (SSSR count). The van der Waals surface area contributed by atoms with Gasteiger partial charge in [-0.3, -0.25) is 4.79 Å². The molecule has 0 unspecified atom stereocenters. The molecule has 1 aliphatic carbocycles. The van der Waals surface area contributed by atoms with Gasteiger partial charge in [0.1, 0.15) is 0 Å². The minimum atomic E-state index is -0.317. The number of nitrogen functional groups attached to an aromatic ring is 1. The van der Waals surface area contributed by atoms with E-state index < -0.39 is 0 Å². The Balaban J connectivity index is 2.39. The lowest BCUT2D eigenvalue weighted by Crippen LogP contribution is -2.40. The molecule has 0 heterocycles. The average Bonchev–Trinajstić information content (AvgIpc) is 2.79. The van der Waals surface area contributed by atoms with Crippen LogP contribution in [0.1, 0.15) is 31.2 Å². The van der Waals surface area contributed by atoms with Crippen molar-refractivity contribution in [1.29, 1.82) is 0 Å². The molecule has 1 aromatic rings. The Morgan fingerprint density at radius 3 is 2.31 bits per heavy atom. The molecule has 0 atom stereocenters. The van der Waals surface area contributed by atoms with Crippen LogP contribution in [-0.2, 0) is 10.2 Å². The molecule has 16 heavy (non-hydrogen) atoms. The number of hydrogen-bond acceptors (Lipinski definition) is 2. The van der Waals surface area contributed by atoms with Gasteiger partial charge in [0.15, 0.2) is 0 Å². The lowest BCUT2D eigenvalue weighted by molar-refractivity contribution is -0.126. The number of nitrogens with two attached hydrogens (primary N) is 1. The molecular weight excluding hydrogens is 200 g/mol. The van der Waals surface area contributed by atoms with E-state index in [1.165, 1.54) is 0 Å². The van der Waals surface area contributed by atoms with Crippen molar-refractivity contribution in [3.63, 3.8) is 0 Å². The van der Waals surface area contributed by atoms with Crippen LogP contribution in [0.2, 0.25) is 0 Å². The third kappa shape index (κ3) is 1.66. The number of rotatable bonds is 2. The Morgan fingerprint density at radius 2 is 1.81 bits per heavy atom. The predicted molar refractivity (Wildman–Crippen MR) is 65.1 cm³/mol. The van der Waals surface area contributed by atoms with Gasteiger partial charge >= 0.3 is 0 Å². The molecule has 1 fully saturated rings. The second-order valence-corrected chi connectivity index (χ2v) is 4.49. The summed E-state index contributed by atoms with van der Waals surface area (Å²) in [6.07, 6.45) is 4.13. The fourth-order valence-corrected chi connectivity index (χ4v) is 2.67. The quantitative estimate of drug-likeness (QED) is 0.744. The summed E-state index contributed by atoms with van der Waals surface area (Å²) in [5, 5.41) is 2.79. The summed E-state index contributed by atoms with van der Waals surface area (Å²) in [7, 11) is 1.71. The maximum absolute atomic E-state index is 12.1. The van der Waals surface area contributed by atoms with E-state index in [9.17, 15) is 4.79 Å². The topological polar surface area (TPSA) is 55.1 Å². The van der Waals surface area contributed by atoms with Crippen LogP contribution >= 0.6 is 0 Å². The highest BCUT2D eigenvalue weighted by atomic mass is 16.2. The van der Waals surface area contributed by atoms with E-state index in [4.69, 9.17) is 5.73 Å². The Bertz CT molecular complexity index is 377. The molecule has 1 aromatic carbocycles. The van der Waals surface area contributed by atoms with Crippen molar-refractivity contribution in [2.24, 2.45) is 0 Å². The van der Waals surface area contributed by atoms with Gasteiger partial charge in [-0.2, -0.15) is 0 Å². The van der Waals surface area contributed by atoms with Crippen LogP contribution in [0.15, 0.2) is 24.3 Å². The van der Waals surface area contributed by atoms with Crippen LogP contribution in [0.4, 0.5) is 5.69 Å². The summed E-state index contributed by atoms with van der Waals surface area (Å²) >= 11 is 0.